The largest absolute Gasteiger partial charge is 0.339 e. The van der Waals surface area contributed by atoms with Crippen LogP contribution in [0.15, 0.2) is 48.5 Å². The van der Waals surface area contributed by atoms with Crippen LogP contribution >= 0.6 is 11.6 Å². The zero-order chi connectivity index (χ0) is 17.6. The quantitative estimate of drug-likeness (QED) is 0.894. The van der Waals surface area contributed by atoms with Crippen molar-refractivity contribution in [3.63, 3.8) is 0 Å². The molecule has 2 aromatic carbocycles. The van der Waals surface area contributed by atoms with Crippen LogP contribution in [0, 0.1) is 0 Å². The molecule has 25 heavy (non-hydrogen) atoms. The number of benzene rings is 2. The summed E-state index contributed by atoms with van der Waals surface area (Å²) in [6.07, 6.45) is 3.57. The summed E-state index contributed by atoms with van der Waals surface area (Å²) in [6.45, 7) is 1.62. The Hall–Kier alpha value is -2.33. The Labute approximate surface area is 152 Å². The van der Waals surface area contributed by atoms with Crippen LogP contribution in [-0.2, 0) is 11.2 Å². The molecule has 1 fully saturated rings. The summed E-state index contributed by atoms with van der Waals surface area (Å²) in [5, 5.41) is 3.51. The molecule has 0 aromatic heterocycles. The van der Waals surface area contributed by atoms with Crippen LogP contribution in [0.1, 0.15) is 35.2 Å². The van der Waals surface area contributed by atoms with Crippen LogP contribution in [0.5, 0.6) is 0 Å². The first-order valence-corrected chi connectivity index (χ1v) is 8.93. The number of halogens is 1. The van der Waals surface area contributed by atoms with E-state index in [1.807, 2.05) is 17.0 Å². The second-order valence-electron chi connectivity index (χ2n) is 6.29. The first kappa shape index (κ1) is 17.5. The lowest BCUT2D eigenvalue weighted by atomic mass is 10.1. The Morgan fingerprint density at radius 1 is 1.00 bits per heavy atom. The SMILES string of the molecule is O=C(Cc1ccc(Cl)cc1)Nc1cccc(C(=O)N2CCCCC2)c1. The predicted octanol–water partition coefficient (Wildman–Crippen LogP) is 4.15. The van der Waals surface area contributed by atoms with Crippen LogP contribution < -0.4 is 5.32 Å². The van der Waals surface area contributed by atoms with Crippen molar-refractivity contribution in [2.45, 2.75) is 25.7 Å². The number of nitrogens with zero attached hydrogens (tertiary/aromatic N) is 1. The van der Waals surface area contributed by atoms with Crippen molar-refractivity contribution >= 4 is 29.1 Å². The van der Waals surface area contributed by atoms with Gasteiger partial charge in [-0.3, -0.25) is 9.59 Å². The van der Waals surface area contributed by atoms with E-state index in [1.54, 1.807) is 36.4 Å². The summed E-state index contributed by atoms with van der Waals surface area (Å²) in [7, 11) is 0. The monoisotopic (exact) mass is 356 g/mol. The van der Waals surface area contributed by atoms with Crippen LogP contribution in [0.2, 0.25) is 5.02 Å². The van der Waals surface area contributed by atoms with Gasteiger partial charge < -0.3 is 10.2 Å². The number of nitrogens with one attached hydrogen (secondary N) is 1. The molecular weight excluding hydrogens is 336 g/mol. The molecule has 5 heteroatoms. The maximum Gasteiger partial charge on any atom is 0.253 e. The molecule has 0 bridgehead atoms. The summed E-state index contributed by atoms with van der Waals surface area (Å²) in [5.41, 5.74) is 2.15. The third-order valence-electron chi connectivity index (χ3n) is 4.31. The van der Waals surface area contributed by atoms with Crippen LogP contribution in [0.25, 0.3) is 0 Å². The highest BCUT2D eigenvalue weighted by atomic mass is 35.5. The molecular formula is C20H21ClN2O2. The van der Waals surface area contributed by atoms with Crippen molar-refractivity contribution in [2.75, 3.05) is 18.4 Å². The van der Waals surface area contributed by atoms with Crippen LogP contribution in [0.4, 0.5) is 5.69 Å². The average Bonchev–Trinajstić information content (AvgIpc) is 2.64. The van der Waals surface area contributed by atoms with Gasteiger partial charge in [-0.2, -0.15) is 0 Å². The van der Waals surface area contributed by atoms with E-state index in [-0.39, 0.29) is 18.2 Å². The first-order chi connectivity index (χ1) is 12.1. The number of likely N-dealkylation sites (tertiary alicyclic amines) is 1. The van der Waals surface area contributed by atoms with Gasteiger partial charge in [-0.05, 0) is 55.2 Å². The second-order valence-corrected chi connectivity index (χ2v) is 6.72. The smallest absolute Gasteiger partial charge is 0.253 e. The number of hydrogen-bond donors (Lipinski definition) is 1. The molecule has 1 aliphatic rings. The summed E-state index contributed by atoms with van der Waals surface area (Å²) >= 11 is 5.85. The lowest BCUT2D eigenvalue weighted by Crippen LogP contribution is -2.35. The molecule has 1 heterocycles. The standard InChI is InChI=1S/C20H21ClN2O2/c21-17-9-7-15(8-10-17)13-19(24)22-18-6-4-5-16(14-18)20(25)23-11-2-1-3-12-23/h4-10,14H,1-3,11-13H2,(H,22,24). The van der Waals surface area contributed by atoms with Gasteiger partial charge in [-0.25, -0.2) is 0 Å². The van der Waals surface area contributed by atoms with Crippen LogP contribution in [0.3, 0.4) is 0 Å². The summed E-state index contributed by atoms with van der Waals surface area (Å²) in [6, 6.07) is 14.3. The molecule has 1 aliphatic heterocycles. The molecule has 0 atom stereocenters. The van der Waals surface area contributed by atoms with Gasteiger partial charge >= 0.3 is 0 Å². The van der Waals surface area contributed by atoms with Crippen molar-refractivity contribution in [1.82, 2.24) is 4.90 Å². The average molecular weight is 357 g/mol. The van der Waals surface area contributed by atoms with Gasteiger partial charge in [0.15, 0.2) is 0 Å². The maximum absolute atomic E-state index is 12.6. The lowest BCUT2D eigenvalue weighted by molar-refractivity contribution is -0.115. The number of anilines is 1. The van der Waals surface area contributed by atoms with E-state index < -0.39 is 0 Å². The summed E-state index contributed by atoms with van der Waals surface area (Å²) in [5.74, 6) is -0.0848. The molecule has 0 aliphatic carbocycles. The van der Waals surface area contributed by atoms with E-state index in [0.717, 1.165) is 31.5 Å². The van der Waals surface area contributed by atoms with E-state index in [4.69, 9.17) is 11.6 Å². The first-order valence-electron chi connectivity index (χ1n) is 8.55. The van der Waals surface area contributed by atoms with Gasteiger partial charge in [0.2, 0.25) is 5.91 Å². The number of hydrogen-bond acceptors (Lipinski definition) is 2. The van der Waals surface area contributed by atoms with Gasteiger partial charge in [0.25, 0.3) is 5.91 Å². The molecule has 130 valence electrons. The fourth-order valence-corrected chi connectivity index (χ4v) is 3.13. The number of carbonyl (C=O) groups is 2. The Kier molecular flexibility index (Phi) is 5.71. The molecule has 2 aromatic rings. The van der Waals surface area contributed by atoms with Gasteiger partial charge in [0.05, 0.1) is 6.42 Å². The maximum atomic E-state index is 12.6. The number of rotatable bonds is 4. The van der Waals surface area contributed by atoms with E-state index in [1.165, 1.54) is 6.42 Å². The Morgan fingerprint density at radius 2 is 1.72 bits per heavy atom. The number of carbonyl (C=O) groups excluding carboxylic acids is 2. The molecule has 2 amide bonds. The molecule has 0 spiro atoms. The zero-order valence-corrected chi connectivity index (χ0v) is 14.8. The Morgan fingerprint density at radius 3 is 2.44 bits per heavy atom. The Balaban J connectivity index is 1.63. The molecule has 1 N–H and O–H groups in total. The lowest BCUT2D eigenvalue weighted by Gasteiger charge is -2.26. The summed E-state index contributed by atoms with van der Waals surface area (Å²) < 4.78 is 0. The zero-order valence-electron chi connectivity index (χ0n) is 14.0. The number of amides is 2. The minimum atomic E-state index is -0.120. The van der Waals surface area contributed by atoms with Gasteiger partial charge in [0, 0.05) is 29.4 Å². The fraction of sp³-hybridized carbons (Fsp3) is 0.300. The third kappa shape index (κ3) is 4.83. The molecule has 3 rings (SSSR count). The highest BCUT2D eigenvalue weighted by Crippen LogP contribution is 2.17. The molecule has 0 saturated carbocycles. The third-order valence-corrected chi connectivity index (χ3v) is 4.57. The van der Waals surface area contributed by atoms with Crippen molar-refractivity contribution < 1.29 is 9.59 Å². The normalized spacial score (nSPS) is 14.2. The van der Waals surface area contributed by atoms with E-state index in [9.17, 15) is 9.59 Å². The van der Waals surface area contributed by atoms with Gasteiger partial charge in [0.1, 0.15) is 0 Å². The van der Waals surface area contributed by atoms with Gasteiger partial charge in [-0.15, -0.1) is 0 Å². The topological polar surface area (TPSA) is 49.4 Å². The summed E-state index contributed by atoms with van der Waals surface area (Å²) in [4.78, 5) is 26.7. The fourth-order valence-electron chi connectivity index (χ4n) is 3.00. The predicted molar refractivity (Wildman–Crippen MR) is 100.0 cm³/mol. The minimum Gasteiger partial charge on any atom is -0.339 e. The highest BCUT2D eigenvalue weighted by Gasteiger charge is 2.18. The van der Waals surface area contributed by atoms with E-state index >= 15 is 0 Å². The molecule has 0 radical (unpaired) electrons. The van der Waals surface area contributed by atoms with Crippen molar-refractivity contribution in [3.05, 3.63) is 64.7 Å². The van der Waals surface area contributed by atoms with E-state index in [0.29, 0.717) is 16.3 Å². The Bertz CT molecular complexity index is 753. The van der Waals surface area contributed by atoms with Crippen molar-refractivity contribution in [2.24, 2.45) is 0 Å². The molecule has 0 unspecified atom stereocenters. The molecule has 1 saturated heterocycles. The van der Waals surface area contributed by atoms with Crippen LogP contribution in [-0.4, -0.2) is 29.8 Å². The number of piperidine rings is 1. The second kappa shape index (κ2) is 8.17. The molecule has 4 nitrogen and oxygen atoms in total. The minimum absolute atomic E-state index is 0.0356. The van der Waals surface area contributed by atoms with Crippen molar-refractivity contribution in [1.29, 1.82) is 0 Å². The highest BCUT2D eigenvalue weighted by molar-refractivity contribution is 6.30. The van der Waals surface area contributed by atoms with E-state index in [2.05, 4.69) is 5.32 Å². The van der Waals surface area contributed by atoms with Gasteiger partial charge in [-0.1, -0.05) is 29.8 Å². The van der Waals surface area contributed by atoms with Crippen molar-refractivity contribution in [3.8, 4) is 0 Å².